The van der Waals surface area contributed by atoms with Crippen molar-refractivity contribution in [2.24, 2.45) is 0 Å². The van der Waals surface area contributed by atoms with Crippen LogP contribution in [0.4, 0.5) is 0 Å². The molecule has 1 heterocycles. The lowest BCUT2D eigenvalue weighted by Crippen LogP contribution is -2.02. The summed E-state index contributed by atoms with van der Waals surface area (Å²) in [5, 5.41) is 9.49. The highest BCUT2D eigenvalue weighted by molar-refractivity contribution is 5.29. The van der Waals surface area contributed by atoms with Crippen molar-refractivity contribution in [2.45, 2.75) is 19.4 Å². The third kappa shape index (κ3) is 3.57. The number of aliphatic hydroxyl groups is 1. The summed E-state index contributed by atoms with van der Waals surface area (Å²) in [6.07, 6.45) is 3.96. The molecule has 0 amide bonds. The van der Waals surface area contributed by atoms with Gasteiger partial charge in [0.25, 0.3) is 0 Å². The van der Waals surface area contributed by atoms with Gasteiger partial charge in [0.1, 0.15) is 5.75 Å². The molecule has 94 valence electrons. The number of hydrogen-bond donors (Lipinski definition) is 1. The van der Waals surface area contributed by atoms with Crippen molar-refractivity contribution in [2.75, 3.05) is 6.61 Å². The summed E-state index contributed by atoms with van der Waals surface area (Å²) < 4.78 is 5.66. The van der Waals surface area contributed by atoms with Crippen LogP contribution in [0.3, 0.4) is 0 Å². The Labute approximate surface area is 107 Å². The summed E-state index contributed by atoms with van der Waals surface area (Å²) >= 11 is 0. The number of aliphatic hydroxyl groups excluding tert-OH is 1. The van der Waals surface area contributed by atoms with E-state index in [-0.39, 0.29) is 0 Å². The Morgan fingerprint density at radius 2 is 2.17 bits per heavy atom. The first kappa shape index (κ1) is 12.6. The molecule has 1 aromatic carbocycles. The van der Waals surface area contributed by atoms with Crippen LogP contribution in [0.25, 0.3) is 0 Å². The molecule has 0 aliphatic rings. The van der Waals surface area contributed by atoms with Gasteiger partial charge in [0, 0.05) is 18.8 Å². The summed E-state index contributed by atoms with van der Waals surface area (Å²) in [6, 6.07) is 11.5. The molecule has 3 heteroatoms. The lowest BCUT2D eigenvalue weighted by atomic mass is 10.1. The van der Waals surface area contributed by atoms with Gasteiger partial charge >= 0.3 is 0 Å². The van der Waals surface area contributed by atoms with E-state index >= 15 is 0 Å². The van der Waals surface area contributed by atoms with Gasteiger partial charge in [-0.15, -0.1) is 0 Å². The molecule has 0 aliphatic heterocycles. The molecule has 2 aromatic rings. The van der Waals surface area contributed by atoms with Gasteiger partial charge in [-0.25, -0.2) is 0 Å². The van der Waals surface area contributed by atoms with Crippen molar-refractivity contribution in [3.63, 3.8) is 0 Å². The molecule has 0 bridgehead atoms. The van der Waals surface area contributed by atoms with Crippen molar-refractivity contribution >= 4 is 0 Å². The average molecular weight is 243 g/mol. The molecule has 3 nitrogen and oxygen atoms in total. The molecule has 1 unspecified atom stereocenters. The zero-order valence-electron chi connectivity index (χ0n) is 10.4. The van der Waals surface area contributed by atoms with Gasteiger partial charge < -0.3 is 9.84 Å². The van der Waals surface area contributed by atoms with E-state index in [0.29, 0.717) is 6.61 Å². The minimum atomic E-state index is -0.466. The van der Waals surface area contributed by atoms with Gasteiger partial charge in [0.2, 0.25) is 0 Å². The molecule has 0 aliphatic carbocycles. The molecular weight excluding hydrogens is 226 g/mol. The predicted octanol–water partition coefficient (Wildman–Crippen LogP) is 2.76. The van der Waals surface area contributed by atoms with E-state index in [1.165, 1.54) is 0 Å². The molecule has 0 spiro atoms. The number of ether oxygens (including phenoxy) is 1. The van der Waals surface area contributed by atoms with Gasteiger partial charge in [-0.3, -0.25) is 4.98 Å². The molecule has 1 N–H and O–H groups in total. The summed E-state index contributed by atoms with van der Waals surface area (Å²) in [5.41, 5.74) is 2.03. The number of rotatable bonds is 5. The Bertz CT molecular complexity index is 483. The fourth-order valence-electron chi connectivity index (χ4n) is 1.70. The van der Waals surface area contributed by atoms with Gasteiger partial charge in [0.15, 0.2) is 0 Å². The Hall–Kier alpha value is -1.87. The monoisotopic (exact) mass is 243 g/mol. The van der Waals surface area contributed by atoms with Crippen LogP contribution in [0, 0.1) is 0 Å². The van der Waals surface area contributed by atoms with E-state index in [2.05, 4.69) is 4.98 Å². The van der Waals surface area contributed by atoms with Crippen molar-refractivity contribution in [3.8, 4) is 5.75 Å². The predicted molar refractivity (Wildman–Crippen MR) is 70.5 cm³/mol. The Kier molecular flexibility index (Phi) is 4.31. The van der Waals surface area contributed by atoms with Crippen LogP contribution in [-0.4, -0.2) is 16.7 Å². The minimum absolute atomic E-state index is 0.466. The molecule has 0 saturated carbocycles. The largest absolute Gasteiger partial charge is 0.493 e. The maximum Gasteiger partial charge on any atom is 0.119 e. The Balaban J connectivity index is 1.89. The molecule has 0 saturated heterocycles. The first-order chi connectivity index (χ1) is 8.75. The molecule has 0 radical (unpaired) electrons. The lowest BCUT2D eigenvalue weighted by molar-refractivity contribution is 0.198. The second-order valence-corrected chi connectivity index (χ2v) is 4.21. The third-order valence-electron chi connectivity index (χ3n) is 2.72. The second-order valence-electron chi connectivity index (χ2n) is 4.21. The number of pyridine rings is 1. The van der Waals surface area contributed by atoms with Crippen molar-refractivity contribution in [1.82, 2.24) is 4.98 Å². The van der Waals surface area contributed by atoms with E-state index < -0.39 is 6.10 Å². The van der Waals surface area contributed by atoms with Gasteiger partial charge in [0.05, 0.1) is 12.7 Å². The second kappa shape index (κ2) is 6.17. The third-order valence-corrected chi connectivity index (χ3v) is 2.72. The number of benzene rings is 1. The van der Waals surface area contributed by atoms with Crippen LogP contribution >= 0.6 is 0 Å². The molecule has 2 rings (SSSR count). The summed E-state index contributed by atoms with van der Waals surface area (Å²) in [6.45, 7) is 2.35. The van der Waals surface area contributed by atoms with E-state index in [1.54, 1.807) is 13.1 Å². The van der Waals surface area contributed by atoms with Gasteiger partial charge in [-0.05, 0) is 36.2 Å². The van der Waals surface area contributed by atoms with Crippen LogP contribution in [0.5, 0.6) is 5.75 Å². The number of hydrogen-bond acceptors (Lipinski definition) is 3. The van der Waals surface area contributed by atoms with Crippen LogP contribution in [0.2, 0.25) is 0 Å². The lowest BCUT2D eigenvalue weighted by Gasteiger charge is -2.09. The fraction of sp³-hybridized carbons (Fsp3) is 0.267. The molecule has 18 heavy (non-hydrogen) atoms. The standard InChI is InChI=1S/C15H17NO2/c1-12(17)14-5-2-6-15(10-14)18-9-7-13-4-3-8-16-11-13/h2-6,8,10-12,17H,7,9H2,1H3. The van der Waals surface area contributed by atoms with Crippen molar-refractivity contribution in [3.05, 3.63) is 59.9 Å². The summed E-state index contributed by atoms with van der Waals surface area (Å²) in [7, 11) is 0. The fourth-order valence-corrected chi connectivity index (χ4v) is 1.70. The molecule has 0 fully saturated rings. The van der Waals surface area contributed by atoms with E-state index in [9.17, 15) is 5.11 Å². The van der Waals surface area contributed by atoms with E-state index in [0.717, 1.165) is 23.3 Å². The zero-order valence-corrected chi connectivity index (χ0v) is 10.4. The number of nitrogens with zero attached hydrogens (tertiary/aromatic N) is 1. The highest BCUT2D eigenvalue weighted by Crippen LogP contribution is 2.18. The van der Waals surface area contributed by atoms with Crippen molar-refractivity contribution < 1.29 is 9.84 Å². The summed E-state index contributed by atoms with van der Waals surface area (Å²) in [4.78, 5) is 4.06. The van der Waals surface area contributed by atoms with E-state index in [1.807, 2.05) is 42.6 Å². The quantitative estimate of drug-likeness (QED) is 0.878. The first-order valence-corrected chi connectivity index (χ1v) is 6.05. The van der Waals surface area contributed by atoms with E-state index in [4.69, 9.17) is 4.74 Å². The van der Waals surface area contributed by atoms with Crippen LogP contribution in [0.1, 0.15) is 24.2 Å². The molecule has 1 aromatic heterocycles. The van der Waals surface area contributed by atoms with Crippen LogP contribution in [-0.2, 0) is 6.42 Å². The molecule has 1 atom stereocenters. The average Bonchev–Trinajstić information content (AvgIpc) is 2.40. The Morgan fingerprint density at radius 3 is 2.89 bits per heavy atom. The van der Waals surface area contributed by atoms with Gasteiger partial charge in [-0.1, -0.05) is 18.2 Å². The van der Waals surface area contributed by atoms with Gasteiger partial charge in [-0.2, -0.15) is 0 Å². The van der Waals surface area contributed by atoms with Crippen molar-refractivity contribution in [1.29, 1.82) is 0 Å². The first-order valence-electron chi connectivity index (χ1n) is 6.05. The smallest absolute Gasteiger partial charge is 0.119 e. The number of aromatic nitrogens is 1. The molecular formula is C15H17NO2. The summed E-state index contributed by atoms with van der Waals surface area (Å²) in [5.74, 6) is 0.789. The SMILES string of the molecule is CC(O)c1cccc(OCCc2cccnc2)c1. The highest BCUT2D eigenvalue weighted by atomic mass is 16.5. The van der Waals surface area contributed by atoms with Crippen LogP contribution < -0.4 is 4.74 Å². The Morgan fingerprint density at radius 1 is 1.28 bits per heavy atom. The maximum absolute atomic E-state index is 9.49. The van der Waals surface area contributed by atoms with Crippen LogP contribution in [0.15, 0.2) is 48.8 Å². The minimum Gasteiger partial charge on any atom is -0.493 e. The topological polar surface area (TPSA) is 42.4 Å². The highest BCUT2D eigenvalue weighted by Gasteiger charge is 2.02. The zero-order chi connectivity index (χ0) is 12.8. The maximum atomic E-state index is 9.49. The normalized spacial score (nSPS) is 12.1.